The molecule has 4 nitrogen and oxygen atoms in total. The Bertz CT molecular complexity index is 643. The molecule has 136 valence electrons. The standard InChI is InChI=1S/C21H30N2O2/c1-3-12-23-18-8-5-10-21(18,11-9-20(23)25)15-22-19(24)14-17-7-4-6-16(2)13-17/h4,6-7,13,18H,3,5,8-12,14-15H2,1-2H3,(H,22,24). The van der Waals surface area contributed by atoms with Gasteiger partial charge in [-0.05, 0) is 38.2 Å². The lowest BCUT2D eigenvalue weighted by Crippen LogP contribution is -2.56. The van der Waals surface area contributed by atoms with Crippen LogP contribution in [0.25, 0.3) is 0 Å². The molecule has 1 saturated carbocycles. The van der Waals surface area contributed by atoms with Gasteiger partial charge in [-0.1, -0.05) is 43.2 Å². The minimum absolute atomic E-state index is 0.0876. The molecule has 1 aliphatic carbocycles. The fourth-order valence-corrected chi connectivity index (χ4v) is 4.73. The van der Waals surface area contributed by atoms with E-state index in [9.17, 15) is 9.59 Å². The zero-order valence-electron chi connectivity index (χ0n) is 15.5. The van der Waals surface area contributed by atoms with Crippen LogP contribution in [0.4, 0.5) is 0 Å². The summed E-state index contributed by atoms with van der Waals surface area (Å²) in [6.45, 7) is 5.73. The molecule has 2 aliphatic rings. The van der Waals surface area contributed by atoms with Crippen molar-refractivity contribution < 1.29 is 9.59 Å². The van der Waals surface area contributed by atoms with Gasteiger partial charge in [0.1, 0.15) is 0 Å². The fourth-order valence-electron chi connectivity index (χ4n) is 4.73. The van der Waals surface area contributed by atoms with Gasteiger partial charge in [0.2, 0.25) is 11.8 Å². The van der Waals surface area contributed by atoms with Gasteiger partial charge in [0.25, 0.3) is 0 Å². The summed E-state index contributed by atoms with van der Waals surface area (Å²) in [5, 5.41) is 3.18. The van der Waals surface area contributed by atoms with Crippen LogP contribution in [-0.2, 0) is 16.0 Å². The smallest absolute Gasteiger partial charge is 0.224 e. The molecule has 1 aliphatic heterocycles. The van der Waals surface area contributed by atoms with Crippen LogP contribution >= 0.6 is 0 Å². The average Bonchev–Trinajstić information content (AvgIpc) is 3.01. The summed E-state index contributed by atoms with van der Waals surface area (Å²) < 4.78 is 0. The van der Waals surface area contributed by atoms with Crippen LogP contribution < -0.4 is 5.32 Å². The van der Waals surface area contributed by atoms with Crippen molar-refractivity contribution in [2.45, 2.75) is 64.8 Å². The van der Waals surface area contributed by atoms with Gasteiger partial charge >= 0.3 is 0 Å². The first-order valence-electron chi connectivity index (χ1n) is 9.66. The summed E-state index contributed by atoms with van der Waals surface area (Å²) in [5.41, 5.74) is 2.33. The van der Waals surface area contributed by atoms with Crippen molar-refractivity contribution in [2.75, 3.05) is 13.1 Å². The molecule has 2 unspecified atom stereocenters. The van der Waals surface area contributed by atoms with Crippen LogP contribution in [0.5, 0.6) is 0 Å². The number of rotatable bonds is 6. The van der Waals surface area contributed by atoms with Crippen LogP contribution in [0.3, 0.4) is 0 Å². The van der Waals surface area contributed by atoms with Crippen molar-refractivity contribution in [2.24, 2.45) is 5.41 Å². The first-order valence-corrected chi connectivity index (χ1v) is 9.66. The summed E-state index contributed by atoms with van der Waals surface area (Å²) in [5.74, 6) is 0.389. The Balaban J connectivity index is 1.62. The summed E-state index contributed by atoms with van der Waals surface area (Å²) in [6.07, 6.45) is 6.34. The largest absolute Gasteiger partial charge is 0.355 e. The van der Waals surface area contributed by atoms with E-state index in [4.69, 9.17) is 0 Å². The third kappa shape index (κ3) is 3.88. The number of aryl methyl sites for hydroxylation is 1. The van der Waals surface area contributed by atoms with Crippen molar-refractivity contribution in [3.05, 3.63) is 35.4 Å². The maximum absolute atomic E-state index is 12.4. The topological polar surface area (TPSA) is 49.4 Å². The number of hydrogen-bond acceptors (Lipinski definition) is 2. The first kappa shape index (κ1) is 18.0. The van der Waals surface area contributed by atoms with Gasteiger partial charge in [0.05, 0.1) is 6.42 Å². The summed E-state index contributed by atoms with van der Waals surface area (Å²) in [6, 6.07) is 8.43. The molecule has 0 spiro atoms. The monoisotopic (exact) mass is 342 g/mol. The third-order valence-electron chi connectivity index (χ3n) is 5.94. The number of nitrogens with zero attached hydrogens (tertiary/aromatic N) is 1. The lowest BCUT2D eigenvalue weighted by atomic mass is 9.74. The predicted molar refractivity (Wildman–Crippen MR) is 99.2 cm³/mol. The Morgan fingerprint density at radius 3 is 2.96 bits per heavy atom. The van der Waals surface area contributed by atoms with Crippen LogP contribution in [0.15, 0.2) is 24.3 Å². The maximum Gasteiger partial charge on any atom is 0.224 e. The molecule has 25 heavy (non-hydrogen) atoms. The van der Waals surface area contributed by atoms with Crippen LogP contribution in [0.2, 0.25) is 0 Å². The maximum atomic E-state index is 12.4. The molecule has 4 heteroatoms. The van der Waals surface area contributed by atoms with Crippen molar-refractivity contribution >= 4 is 11.8 Å². The highest BCUT2D eigenvalue weighted by Gasteiger charge is 2.49. The summed E-state index contributed by atoms with van der Waals surface area (Å²) in [4.78, 5) is 26.9. The zero-order valence-corrected chi connectivity index (χ0v) is 15.5. The molecular formula is C21H30N2O2. The molecule has 3 rings (SSSR count). The van der Waals surface area contributed by atoms with E-state index in [0.29, 0.717) is 31.3 Å². The summed E-state index contributed by atoms with van der Waals surface area (Å²) in [7, 11) is 0. The number of amides is 2. The van der Waals surface area contributed by atoms with E-state index < -0.39 is 0 Å². The van der Waals surface area contributed by atoms with E-state index in [1.807, 2.05) is 25.1 Å². The van der Waals surface area contributed by atoms with Gasteiger partial charge in [-0.15, -0.1) is 0 Å². The predicted octanol–water partition coefficient (Wildman–Crippen LogP) is 3.23. The van der Waals surface area contributed by atoms with Crippen molar-refractivity contribution in [1.82, 2.24) is 10.2 Å². The van der Waals surface area contributed by atoms with Gasteiger partial charge < -0.3 is 10.2 Å². The van der Waals surface area contributed by atoms with E-state index in [-0.39, 0.29) is 11.3 Å². The number of piperidine rings is 1. The highest BCUT2D eigenvalue weighted by Crippen LogP contribution is 2.47. The van der Waals surface area contributed by atoms with Gasteiger partial charge in [0.15, 0.2) is 0 Å². The molecule has 1 heterocycles. The molecule has 1 aromatic carbocycles. The molecule has 0 aromatic heterocycles. The quantitative estimate of drug-likeness (QED) is 0.863. The molecule has 2 fully saturated rings. The fraction of sp³-hybridized carbons (Fsp3) is 0.619. The molecule has 1 saturated heterocycles. The van der Waals surface area contributed by atoms with E-state index in [0.717, 1.165) is 44.2 Å². The normalized spacial score (nSPS) is 25.8. The second kappa shape index (κ2) is 7.59. The van der Waals surface area contributed by atoms with Crippen LogP contribution in [0.1, 0.15) is 56.6 Å². The molecule has 0 bridgehead atoms. The van der Waals surface area contributed by atoms with Crippen LogP contribution in [0, 0.1) is 12.3 Å². The Labute approximate surface area is 151 Å². The highest BCUT2D eigenvalue weighted by molar-refractivity contribution is 5.79. The third-order valence-corrected chi connectivity index (χ3v) is 5.94. The Morgan fingerprint density at radius 1 is 1.36 bits per heavy atom. The average molecular weight is 342 g/mol. The minimum Gasteiger partial charge on any atom is -0.355 e. The molecule has 1 N–H and O–H groups in total. The van der Waals surface area contributed by atoms with E-state index in [1.54, 1.807) is 0 Å². The number of hydrogen-bond donors (Lipinski definition) is 1. The number of likely N-dealkylation sites (tertiary alicyclic amines) is 1. The number of carbonyl (C=O) groups is 2. The number of fused-ring (bicyclic) bond motifs is 1. The molecule has 2 amide bonds. The van der Waals surface area contributed by atoms with Gasteiger partial charge in [-0.2, -0.15) is 0 Å². The highest BCUT2D eigenvalue weighted by atomic mass is 16.2. The van der Waals surface area contributed by atoms with Crippen molar-refractivity contribution in [3.63, 3.8) is 0 Å². The molecule has 2 atom stereocenters. The second-order valence-corrected chi connectivity index (χ2v) is 7.80. The lowest BCUT2D eigenvalue weighted by Gasteiger charge is -2.46. The molecular weight excluding hydrogens is 312 g/mol. The van der Waals surface area contributed by atoms with E-state index in [2.05, 4.69) is 23.2 Å². The minimum atomic E-state index is 0.0876. The zero-order chi connectivity index (χ0) is 17.9. The first-order chi connectivity index (χ1) is 12.0. The van der Waals surface area contributed by atoms with Crippen molar-refractivity contribution in [1.29, 1.82) is 0 Å². The second-order valence-electron chi connectivity index (χ2n) is 7.80. The van der Waals surface area contributed by atoms with Crippen LogP contribution in [-0.4, -0.2) is 35.8 Å². The van der Waals surface area contributed by atoms with Crippen molar-refractivity contribution in [3.8, 4) is 0 Å². The SMILES string of the molecule is CCCN1C(=O)CCC2(CNC(=O)Cc3cccc(C)c3)CCCC12. The van der Waals surface area contributed by atoms with Gasteiger partial charge in [-0.25, -0.2) is 0 Å². The number of nitrogens with one attached hydrogen (secondary N) is 1. The molecule has 0 radical (unpaired) electrons. The van der Waals surface area contributed by atoms with Gasteiger partial charge in [0, 0.05) is 31.0 Å². The molecule has 1 aromatic rings. The Hall–Kier alpha value is -1.84. The number of carbonyl (C=O) groups excluding carboxylic acids is 2. The lowest BCUT2D eigenvalue weighted by molar-refractivity contribution is -0.141. The Kier molecular flexibility index (Phi) is 5.45. The van der Waals surface area contributed by atoms with E-state index in [1.165, 1.54) is 5.56 Å². The van der Waals surface area contributed by atoms with Gasteiger partial charge in [-0.3, -0.25) is 9.59 Å². The Morgan fingerprint density at radius 2 is 2.20 bits per heavy atom. The van der Waals surface area contributed by atoms with E-state index >= 15 is 0 Å². The number of benzene rings is 1. The summed E-state index contributed by atoms with van der Waals surface area (Å²) >= 11 is 0.